The van der Waals surface area contributed by atoms with Crippen LogP contribution in [-0.2, 0) is 19.6 Å². The lowest BCUT2D eigenvalue weighted by Crippen LogP contribution is -2.27. The molecule has 7 rings (SSSR count). The van der Waals surface area contributed by atoms with Crippen LogP contribution in [-0.4, -0.2) is 63.6 Å². The van der Waals surface area contributed by atoms with Crippen LogP contribution in [0.5, 0.6) is 0 Å². The third kappa shape index (κ3) is 9.00. The minimum absolute atomic E-state index is 0. The summed E-state index contributed by atoms with van der Waals surface area (Å²) in [6.45, 7) is 14.6. The standard InChI is InChI=1S/C24H29N5O.C17H23N5O.CH4/c1-4-14-25-23-28-20-21(29(23)16-24(2,3)30)18-12-8-9-13-19(18)27-22(20)26-15-17-10-6-5-7-11-17;1-4-9-19-16-21-13-14(22(16)10-17(2,3)23)11-7-5-6-8-12(11)20-15(13)18;/h5-13,30H,4,14-16H2,1-3H3,(H,25,28)(H,26,27);5-8,23H,4,9-10H2,1-3H3,(H2,18,20)(H,19,21);1H4. The van der Waals surface area contributed by atoms with E-state index in [-0.39, 0.29) is 7.43 Å². The van der Waals surface area contributed by atoms with Crippen molar-refractivity contribution in [1.82, 2.24) is 29.1 Å². The molecule has 0 amide bonds. The third-order valence-electron chi connectivity index (χ3n) is 8.65. The van der Waals surface area contributed by atoms with Gasteiger partial charge in [-0.05, 0) is 58.2 Å². The van der Waals surface area contributed by atoms with E-state index in [0.29, 0.717) is 36.9 Å². The number of imidazole rings is 2. The van der Waals surface area contributed by atoms with E-state index in [0.717, 1.165) is 76.1 Å². The van der Waals surface area contributed by atoms with Gasteiger partial charge in [-0.15, -0.1) is 0 Å². The van der Waals surface area contributed by atoms with Gasteiger partial charge >= 0.3 is 0 Å². The van der Waals surface area contributed by atoms with E-state index in [1.165, 1.54) is 5.56 Å². The molecule has 0 aliphatic carbocycles. The number of hydrogen-bond acceptors (Lipinski definition) is 10. The highest BCUT2D eigenvalue weighted by molar-refractivity contribution is 6.08. The molecule has 4 heterocycles. The minimum Gasteiger partial charge on any atom is -0.389 e. The monoisotopic (exact) mass is 732 g/mol. The molecule has 0 saturated carbocycles. The van der Waals surface area contributed by atoms with Crippen LogP contribution < -0.4 is 21.7 Å². The number of fused-ring (bicyclic) bond motifs is 6. The topological polar surface area (TPSA) is 164 Å². The number of hydrogen-bond donors (Lipinski definition) is 6. The van der Waals surface area contributed by atoms with Crippen LogP contribution in [0.25, 0.3) is 43.9 Å². The third-order valence-corrected chi connectivity index (χ3v) is 8.65. The molecule has 0 atom stereocenters. The molecule has 12 nitrogen and oxygen atoms in total. The molecule has 0 radical (unpaired) electrons. The van der Waals surface area contributed by atoms with Gasteiger partial charge in [0.15, 0.2) is 11.6 Å². The number of anilines is 4. The van der Waals surface area contributed by atoms with Gasteiger partial charge in [0.2, 0.25) is 11.9 Å². The quantitative estimate of drug-likeness (QED) is 0.0681. The first-order valence-corrected chi connectivity index (χ1v) is 18.4. The molecule has 0 spiro atoms. The largest absolute Gasteiger partial charge is 0.389 e. The van der Waals surface area contributed by atoms with Gasteiger partial charge in [0.1, 0.15) is 11.0 Å². The normalized spacial score (nSPS) is 11.8. The average Bonchev–Trinajstić information content (AvgIpc) is 3.66. The Morgan fingerprint density at radius 3 is 1.59 bits per heavy atom. The van der Waals surface area contributed by atoms with E-state index < -0.39 is 11.2 Å². The van der Waals surface area contributed by atoms with Gasteiger partial charge in [-0.3, -0.25) is 0 Å². The van der Waals surface area contributed by atoms with Crippen molar-refractivity contribution in [2.45, 2.75) is 92.6 Å². The number of aromatic nitrogens is 6. The molecule has 0 aliphatic heterocycles. The maximum atomic E-state index is 10.6. The molecular formula is C42H56N10O2. The van der Waals surface area contributed by atoms with Crippen molar-refractivity contribution >= 4 is 67.4 Å². The van der Waals surface area contributed by atoms with Gasteiger partial charge in [0.25, 0.3) is 0 Å². The Hall–Kier alpha value is -5.46. The van der Waals surface area contributed by atoms with E-state index in [1.807, 2.05) is 79.1 Å². The predicted octanol–water partition coefficient (Wildman–Crippen LogP) is 8.19. The maximum absolute atomic E-state index is 10.6. The summed E-state index contributed by atoms with van der Waals surface area (Å²) in [5, 5.41) is 33.1. The zero-order valence-corrected chi connectivity index (χ0v) is 31.6. The van der Waals surface area contributed by atoms with Gasteiger partial charge in [0.05, 0.1) is 46.4 Å². The van der Waals surface area contributed by atoms with Crippen LogP contribution in [0.4, 0.5) is 23.5 Å². The summed E-state index contributed by atoms with van der Waals surface area (Å²) >= 11 is 0. The zero-order chi connectivity index (χ0) is 37.8. The fourth-order valence-corrected chi connectivity index (χ4v) is 6.42. The minimum atomic E-state index is -0.877. The number of nitrogen functional groups attached to an aromatic ring is 1. The second-order valence-corrected chi connectivity index (χ2v) is 14.7. The first-order valence-electron chi connectivity index (χ1n) is 18.4. The maximum Gasteiger partial charge on any atom is 0.204 e. The summed E-state index contributed by atoms with van der Waals surface area (Å²) < 4.78 is 4.09. The van der Waals surface area contributed by atoms with Crippen LogP contribution in [0.3, 0.4) is 0 Å². The molecule has 0 unspecified atom stereocenters. The van der Waals surface area contributed by atoms with Crippen molar-refractivity contribution < 1.29 is 10.2 Å². The van der Waals surface area contributed by atoms with E-state index >= 15 is 0 Å². The number of benzene rings is 3. The molecule has 4 aromatic heterocycles. The number of nitrogens with one attached hydrogen (secondary N) is 3. The second-order valence-electron chi connectivity index (χ2n) is 14.7. The van der Waals surface area contributed by atoms with Crippen molar-refractivity contribution in [3.05, 3.63) is 84.4 Å². The second kappa shape index (κ2) is 16.7. The zero-order valence-electron chi connectivity index (χ0n) is 31.6. The number of aliphatic hydroxyl groups is 2. The number of rotatable bonds is 13. The van der Waals surface area contributed by atoms with Crippen LogP contribution >= 0.6 is 0 Å². The number of para-hydroxylation sites is 2. The number of nitrogens with zero attached hydrogens (tertiary/aromatic N) is 6. The highest BCUT2D eigenvalue weighted by atomic mass is 16.3. The highest BCUT2D eigenvalue weighted by Crippen LogP contribution is 2.34. The predicted molar refractivity (Wildman–Crippen MR) is 225 cm³/mol. The van der Waals surface area contributed by atoms with Crippen molar-refractivity contribution in [3.8, 4) is 0 Å². The Kier molecular flexibility index (Phi) is 12.3. The summed E-state index contributed by atoms with van der Waals surface area (Å²) in [7, 11) is 0. The Balaban J connectivity index is 0.000000211. The Labute approximate surface area is 317 Å². The Morgan fingerprint density at radius 1 is 0.611 bits per heavy atom. The molecule has 3 aromatic carbocycles. The van der Waals surface area contributed by atoms with E-state index in [4.69, 9.17) is 15.7 Å². The molecule has 54 heavy (non-hydrogen) atoms. The first-order chi connectivity index (χ1) is 25.4. The van der Waals surface area contributed by atoms with Crippen molar-refractivity contribution in [3.63, 3.8) is 0 Å². The van der Waals surface area contributed by atoms with E-state index in [2.05, 4.69) is 62.5 Å². The molecule has 0 saturated heterocycles. The van der Waals surface area contributed by atoms with Crippen LogP contribution in [0.2, 0.25) is 0 Å². The van der Waals surface area contributed by atoms with Gasteiger partial charge in [-0.1, -0.05) is 88.0 Å². The summed E-state index contributed by atoms with van der Waals surface area (Å²) in [5.74, 6) is 2.64. The molecule has 7 aromatic rings. The highest BCUT2D eigenvalue weighted by Gasteiger charge is 2.24. The van der Waals surface area contributed by atoms with E-state index in [1.54, 1.807) is 13.8 Å². The lowest BCUT2D eigenvalue weighted by Gasteiger charge is -2.21. The summed E-state index contributed by atoms with van der Waals surface area (Å²) in [5.41, 5.74) is 10.7. The van der Waals surface area contributed by atoms with Crippen molar-refractivity contribution in [2.24, 2.45) is 0 Å². The molecule has 0 aliphatic rings. The molecule has 0 fully saturated rings. The van der Waals surface area contributed by atoms with Crippen molar-refractivity contribution in [2.75, 3.05) is 34.8 Å². The number of pyridine rings is 2. The van der Waals surface area contributed by atoms with Crippen LogP contribution in [0.15, 0.2) is 78.9 Å². The summed E-state index contributed by atoms with van der Waals surface area (Å²) in [6, 6.07) is 26.2. The first kappa shape index (κ1) is 39.7. The fraction of sp³-hybridized carbons (Fsp3) is 0.381. The Morgan fingerprint density at radius 2 is 1.07 bits per heavy atom. The van der Waals surface area contributed by atoms with Crippen molar-refractivity contribution in [1.29, 1.82) is 0 Å². The summed E-state index contributed by atoms with van der Waals surface area (Å²) in [6.07, 6.45) is 1.98. The molecule has 12 heteroatoms. The molecular weight excluding hydrogens is 677 g/mol. The lowest BCUT2D eigenvalue weighted by atomic mass is 10.1. The van der Waals surface area contributed by atoms with Gasteiger partial charge < -0.3 is 41.0 Å². The van der Waals surface area contributed by atoms with Gasteiger partial charge in [0, 0.05) is 30.4 Å². The SMILES string of the molecule is C.CCCNc1nc2c(N)nc3ccccc3c2n1CC(C)(C)O.CCCNc1nc2c(NCc3ccccc3)nc3ccccc3c2n1CC(C)(C)O. The Bertz CT molecular complexity index is 2320. The molecule has 0 bridgehead atoms. The van der Waals surface area contributed by atoms with Gasteiger partial charge in [-0.2, -0.15) is 0 Å². The molecule has 286 valence electrons. The van der Waals surface area contributed by atoms with Crippen LogP contribution in [0.1, 0.15) is 67.4 Å². The van der Waals surface area contributed by atoms with Gasteiger partial charge in [-0.25, -0.2) is 19.9 Å². The summed E-state index contributed by atoms with van der Waals surface area (Å²) in [4.78, 5) is 18.9. The fourth-order valence-electron chi connectivity index (χ4n) is 6.42. The van der Waals surface area contributed by atoms with Crippen LogP contribution in [0, 0.1) is 0 Å². The lowest BCUT2D eigenvalue weighted by molar-refractivity contribution is 0.0627. The number of nitrogens with two attached hydrogens (primary N) is 1. The van der Waals surface area contributed by atoms with E-state index in [9.17, 15) is 10.2 Å². The average molecular weight is 733 g/mol. The smallest absolute Gasteiger partial charge is 0.204 e. The molecule has 7 N–H and O–H groups in total.